The highest BCUT2D eigenvalue weighted by atomic mass is 19.4. The smallest absolute Gasteiger partial charge is 0.309 e. The first-order chi connectivity index (χ1) is 13.5. The molecule has 0 radical (unpaired) electrons. The molecular weight excluding hydrogens is 393 g/mol. The first-order valence-electron chi connectivity index (χ1n) is 8.92. The van der Waals surface area contributed by atoms with Crippen molar-refractivity contribution in [3.05, 3.63) is 64.5 Å². The average Bonchev–Trinajstić information content (AvgIpc) is 3.03. The van der Waals surface area contributed by atoms with E-state index in [1.165, 1.54) is 12.1 Å². The highest BCUT2D eigenvalue weighted by molar-refractivity contribution is 6.17. The summed E-state index contributed by atoms with van der Waals surface area (Å²) in [6.45, 7) is -0.758. The third kappa shape index (κ3) is 3.18. The number of halogens is 5. The number of alkyl halides is 5. The van der Waals surface area contributed by atoms with E-state index in [0.717, 1.165) is 13.0 Å². The van der Waals surface area contributed by atoms with Crippen LogP contribution in [0.4, 0.5) is 22.0 Å². The van der Waals surface area contributed by atoms with Gasteiger partial charge in [0.25, 0.3) is 5.92 Å². The summed E-state index contributed by atoms with van der Waals surface area (Å²) in [4.78, 5) is 20.9. The quantitative estimate of drug-likeness (QED) is 0.766. The Morgan fingerprint density at radius 3 is 2.62 bits per heavy atom. The summed E-state index contributed by atoms with van der Waals surface area (Å²) in [7, 11) is 0. The van der Waals surface area contributed by atoms with Crippen LogP contribution in [0, 0.1) is 0 Å². The van der Waals surface area contributed by atoms with Crippen LogP contribution in [0.25, 0.3) is 0 Å². The van der Waals surface area contributed by atoms with Crippen LogP contribution in [0.2, 0.25) is 0 Å². The summed E-state index contributed by atoms with van der Waals surface area (Å²) < 4.78 is 66.0. The minimum atomic E-state index is -4.56. The van der Waals surface area contributed by atoms with Crippen molar-refractivity contribution < 1.29 is 26.7 Å². The van der Waals surface area contributed by atoms with Crippen LogP contribution < -0.4 is 5.32 Å². The standard InChI is InChI=1S/C20H16F5N3O/c1-18(21,22)11-4-5-12-14(9-11)19(7-6-15-13(19)3-2-8-26-15)17(29)28-16(12)27-10-20(23,24)25/h2-5,8-9H,6-7,10H2,1H3,(H,27,28,29)/t19-/m1/s1. The summed E-state index contributed by atoms with van der Waals surface area (Å²) in [6, 6.07) is 7.00. The van der Waals surface area contributed by atoms with Crippen molar-refractivity contribution in [1.29, 1.82) is 0 Å². The van der Waals surface area contributed by atoms with Crippen LogP contribution in [0.3, 0.4) is 0 Å². The molecule has 0 saturated carbocycles. The molecule has 0 bridgehead atoms. The van der Waals surface area contributed by atoms with Crippen LogP contribution in [0.15, 0.2) is 41.5 Å². The van der Waals surface area contributed by atoms with Gasteiger partial charge in [0.1, 0.15) is 17.8 Å². The van der Waals surface area contributed by atoms with Gasteiger partial charge in [-0.1, -0.05) is 18.2 Å². The SMILES string of the molecule is CC(F)(F)c1ccc2c(c1)[C@]1(CCc3ncccc31)C(=O)NC2=NCC(F)(F)F. The van der Waals surface area contributed by atoms with E-state index in [-0.39, 0.29) is 28.9 Å². The lowest BCUT2D eigenvalue weighted by Gasteiger charge is -2.36. The lowest BCUT2D eigenvalue weighted by atomic mass is 9.70. The second-order valence-corrected chi connectivity index (χ2v) is 7.29. The lowest BCUT2D eigenvalue weighted by Crippen LogP contribution is -2.52. The fraction of sp³-hybridized carbons (Fsp3) is 0.350. The number of aliphatic imine (C=N–C) groups is 1. The van der Waals surface area contributed by atoms with Gasteiger partial charge < -0.3 is 5.32 Å². The van der Waals surface area contributed by atoms with Gasteiger partial charge in [-0.05, 0) is 36.1 Å². The minimum Gasteiger partial charge on any atom is -0.309 e. The van der Waals surface area contributed by atoms with E-state index in [0.29, 0.717) is 17.7 Å². The van der Waals surface area contributed by atoms with Crippen molar-refractivity contribution in [3.63, 3.8) is 0 Å². The molecule has 2 aliphatic rings. The number of amidine groups is 1. The molecule has 1 aromatic carbocycles. The van der Waals surface area contributed by atoms with E-state index in [1.54, 1.807) is 18.3 Å². The molecule has 1 atom stereocenters. The summed E-state index contributed by atoms with van der Waals surface area (Å²) >= 11 is 0. The second-order valence-electron chi connectivity index (χ2n) is 7.29. The number of nitrogens with one attached hydrogen (secondary N) is 1. The van der Waals surface area contributed by atoms with Gasteiger partial charge in [-0.3, -0.25) is 14.8 Å². The van der Waals surface area contributed by atoms with Gasteiger partial charge in [0.2, 0.25) is 5.91 Å². The van der Waals surface area contributed by atoms with Crippen molar-refractivity contribution in [2.24, 2.45) is 4.99 Å². The molecule has 0 fully saturated rings. The van der Waals surface area contributed by atoms with Gasteiger partial charge in [-0.2, -0.15) is 13.2 Å². The number of fused-ring (bicyclic) bond motifs is 4. The van der Waals surface area contributed by atoms with Gasteiger partial charge in [0.05, 0.1) is 0 Å². The van der Waals surface area contributed by atoms with Gasteiger partial charge in [0.15, 0.2) is 0 Å². The Balaban J connectivity index is 1.96. The molecule has 2 aromatic rings. The van der Waals surface area contributed by atoms with E-state index in [2.05, 4.69) is 15.3 Å². The monoisotopic (exact) mass is 409 g/mol. The van der Waals surface area contributed by atoms with Crippen molar-refractivity contribution in [2.45, 2.75) is 37.3 Å². The number of nitrogens with zero attached hydrogens (tertiary/aromatic N) is 2. The Bertz CT molecular complexity index is 1030. The molecular formula is C20H16F5N3O. The molecule has 1 aliphatic heterocycles. The molecule has 1 amide bonds. The molecule has 152 valence electrons. The number of benzene rings is 1. The fourth-order valence-corrected chi connectivity index (χ4v) is 4.06. The molecule has 29 heavy (non-hydrogen) atoms. The van der Waals surface area contributed by atoms with Gasteiger partial charge >= 0.3 is 6.18 Å². The normalized spacial score (nSPS) is 22.6. The molecule has 9 heteroatoms. The number of pyridine rings is 1. The van der Waals surface area contributed by atoms with E-state index < -0.39 is 30.0 Å². The van der Waals surface area contributed by atoms with Crippen molar-refractivity contribution in [2.75, 3.05) is 6.54 Å². The van der Waals surface area contributed by atoms with Gasteiger partial charge in [-0.25, -0.2) is 8.78 Å². The number of rotatable bonds is 2. The summed E-state index contributed by atoms with van der Waals surface area (Å²) in [5.41, 5.74) is 0.0599. The summed E-state index contributed by atoms with van der Waals surface area (Å²) in [6.07, 6.45) is -2.26. The maximum Gasteiger partial charge on any atom is 0.408 e. The van der Waals surface area contributed by atoms with Crippen LogP contribution >= 0.6 is 0 Å². The molecule has 0 saturated heterocycles. The first kappa shape index (κ1) is 19.5. The van der Waals surface area contributed by atoms with E-state index >= 15 is 0 Å². The van der Waals surface area contributed by atoms with Crippen LogP contribution in [-0.2, 0) is 22.6 Å². The third-order valence-electron chi connectivity index (χ3n) is 5.36. The molecule has 4 rings (SSSR count). The highest BCUT2D eigenvalue weighted by Crippen LogP contribution is 2.47. The van der Waals surface area contributed by atoms with Crippen LogP contribution in [0.1, 0.15) is 41.3 Å². The second kappa shape index (κ2) is 6.33. The molecule has 2 heterocycles. The summed E-state index contributed by atoms with van der Waals surface area (Å²) in [5.74, 6) is -4.03. The topological polar surface area (TPSA) is 54.4 Å². The maximum atomic E-state index is 14.0. The van der Waals surface area contributed by atoms with Crippen LogP contribution in [-0.4, -0.2) is 29.4 Å². The van der Waals surface area contributed by atoms with Crippen LogP contribution in [0.5, 0.6) is 0 Å². The van der Waals surface area contributed by atoms with Crippen molar-refractivity contribution >= 4 is 11.7 Å². The number of hydrogen-bond acceptors (Lipinski definition) is 3. The van der Waals surface area contributed by atoms with Crippen molar-refractivity contribution in [1.82, 2.24) is 10.3 Å². The summed E-state index contributed by atoms with van der Waals surface area (Å²) in [5, 5.41) is 2.47. The average molecular weight is 409 g/mol. The Morgan fingerprint density at radius 1 is 1.17 bits per heavy atom. The predicted molar refractivity (Wildman–Crippen MR) is 94.9 cm³/mol. The largest absolute Gasteiger partial charge is 0.408 e. The number of amides is 1. The predicted octanol–water partition coefficient (Wildman–Crippen LogP) is 3.86. The zero-order valence-corrected chi connectivity index (χ0v) is 15.3. The minimum absolute atomic E-state index is 0.207. The lowest BCUT2D eigenvalue weighted by molar-refractivity contribution is -0.124. The Hall–Kier alpha value is -2.84. The molecule has 1 N–H and O–H groups in total. The number of carbonyl (C=O) groups excluding carboxylic acids is 1. The zero-order chi connectivity index (χ0) is 21.0. The number of aryl methyl sites for hydroxylation is 1. The Kier molecular flexibility index (Phi) is 4.25. The molecule has 1 aliphatic carbocycles. The molecule has 1 spiro atoms. The number of hydrogen-bond donors (Lipinski definition) is 1. The molecule has 0 unspecified atom stereocenters. The van der Waals surface area contributed by atoms with E-state index in [4.69, 9.17) is 0 Å². The highest BCUT2D eigenvalue weighted by Gasteiger charge is 2.52. The maximum absolute atomic E-state index is 14.0. The third-order valence-corrected chi connectivity index (χ3v) is 5.36. The Morgan fingerprint density at radius 2 is 1.93 bits per heavy atom. The number of carbonyl (C=O) groups is 1. The molecule has 4 nitrogen and oxygen atoms in total. The molecule has 1 aromatic heterocycles. The van der Waals surface area contributed by atoms with Gasteiger partial charge in [-0.15, -0.1) is 0 Å². The Labute approximate surface area is 162 Å². The fourth-order valence-electron chi connectivity index (χ4n) is 4.06. The van der Waals surface area contributed by atoms with Gasteiger partial charge in [0, 0.05) is 29.9 Å². The van der Waals surface area contributed by atoms with E-state index in [1.807, 2.05) is 0 Å². The van der Waals surface area contributed by atoms with E-state index in [9.17, 15) is 26.7 Å². The number of aromatic nitrogens is 1. The van der Waals surface area contributed by atoms with Crippen molar-refractivity contribution in [3.8, 4) is 0 Å². The first-order valence-corrected chi connectivity index (χ1v) is 8.92. The zero-order valence-electron chi connectivity index (χ0n) is 15.3.